The average Bonchev–Trinajstić information content (AvgIpc) is 2.97. The van der Waals surface area contributed by atoms with Gasteiger partial charge in [-0.15, -0.1) is 0 Å². The first-order valence-electron chi connectivity index (χ1n) is 8.73. The first-order valence-corrected chi connectivity index (χ1v) is 8.73. The van der Waals surface area contributed by atoms with E-state index in [1.54, 1.807) is 0 Å². The molecule has 3 heteroatoms. The first-order chi connectivity index (χ1) is 12.1. The molecule has 0 bridgehead atoms. The smallest absolute Gasteiger partial charge is 0.128 e. The van der Waals surface area contributed by atoms with Crippen LogP contribution >= 0.6 is 0 Å². The minimum atomic E-state index is 0.882. The molecule has 3 aromatic rings. The van der Waals surface area contributed by atoms with E-state index in [4.69, 9.17) is 4.98 Å². The Bertz CT molecular complexity index is 972. The van der Waals surface area contributed by atoms with Gasteiger partial charge in [0, 0.05) is 43.0 Å². The van der Waals surface area contributed by atoms with Crippen LogP contribution in [-0.2, 0) is 13.0 Å². The fourth-order valence-electron chi connectivity index (χ4n) is 3.43. The fraction of sp³-hybridized carbons (Fsp3) is 0.227. The highest BCUT2D eigenvalue weighted by Gasteiger charge is 2.23. The molecular weight excluding hydrogens is 306 g/mol. The van der Waals surface area contributed by atoms with Crippen molar-refractivity contribution >= 4 is 28.1 Å². The first kappa shape index (κ1) is 15.7. The summed E-state index contributed by atoms with van der Waals surface area (Å²) in [6.07, 6.45) is 1.05. The molecule has 0 amide bonds. The van der Waals surface area contributed by atoms with E-state index in [9.17, 15) is 0 Å². The van der Waals surface area contributed by atoms with Crippen molar-refractivity contribution < 1.29 is 0 Å². The van der Waals surface area contributed by atoms with Gasteiger partial charge in [0.2, 0.25) is 0 Å². The number of aromatic nitrogens is 1. The Labute approximate surface area is 149 Å². The largest absolute Gasteiger partial charge is 0.363 e. The Morgan fingerprint density at radius 3 is 2.68 bits per heavy atom. The predicted octanol–water partition coefficient (Wildman–Crippen LogP) is 4.85. The van der Waals surface area contributed by atoms with Gasteiger partial charge < -0.3 is 9.80 Å². The lowest BCUT2D eigenvalue weighted by Gasteiger charge is -2.20. The van der Waals surface area contributed by atoms with Crippen molar-refractivity contribution in [3.8, 4) is 0 Å². The molecule has 2 heterocycles. The summed E-state index contributed by atoms with van der Waals surface area (Å²) in [5, 5.41) is 1.15. The van der Waals surface area contributed by atoms with Gasteiger partial charge in [-0.05, 0) is 53.9 Å². The Morgan fingerprint density at radius 1 is 1.08 bits per heavy atom. The number of rotatable bonds is 3. The van der Waals surface area contributed by atoms with E-state index in [0.717, 1.165) is 35.4 Å². The van der Waals surface area contributed by atoms with E-state index in [2.05, 4.69) is 66.9 Å². The van der Waals surface area contributed by atoms with Crippen molar-refractivity contribution in [1.29, 1.82) is 0 Å². The molecule has 0 radical (unpaired) electrons. The molecule has 0 saturated carbocycles. The van der Waals surface area contributed by atoms with E-state index in [-0.39, 0.29) is 0 Å². The topological polar surface area (TPSA) is 19.4 Å². The molecule has 0 fully saturated rings. The summed E-state index contributed by atoms with van der Waals surface area (Å²) in [6, 6.07) is 17.4. The monoisotopic (exact) mass is 329 g/mol. The second-order valence-electron chi connectivity index (χ2n) is 6.82. The number of nitrogens with zero attached hydrogens (tertiary/aromatic N) is 3. The van der Waals surface area contributed by atoms with E-state index in [0.29, 0.717) is 0 Å². The molecule has 0 N–H and O–H groups in total. The minimum Gasteiger partial charge on any atom is -0.363 e. The lowest BCUT2D eigenvalue weighted by molar-refractivity contribution is 1.04. The molecule has 1 aromatic heterocycles. The van der Waals surface area contributed by atoms with E-state index >= 15 is 0 Å². The third-order valence-corrected chi connectivity index (χ3v) is 4.98. The number of aryl methyl sites for hydroxylation is 1. The number of hydrogen-bond donors (Lipinski definition) is 0. The Balaban J connectivity index is 1.70. The maximum Gasteiger partial charge on any atom is 0.128 e. The summed E-state index contributed by atoms with van der Waals surface area (Å²) in [5.41, 5.74) is 7.27. The Hall–Kier alpha value is -2.81. The molecular formula is C22H23N3. The van der Waals surface area contributed by atoms with Gasteiger partial charge in [0.15, 0.2) is 0 Å². The standard InChI is InChI=1S/C22H23N3/c1-5-16-6-7-18-14-25(15(2)20(18)12-16)19-9-10-21-17(13-19)8-11-22(23-21)24(3)4/h6-13H,2,5,14H2,1,3-4H3. The van der Waals surface area contributed by atoms with Gasteiger partial charge in [-0.3, -0.25) is 0 Å². The quantitative estimate of drug-likeness (QED) is 0.684. The maximum atomic E-state index is 4.71. The molecule has 1 aliphatic rings. The second-order valence-corrected chi connectivity index (χ2v) is 6.82. The zero-order chi connectivity index (χ0) is 17.6. The van der Waals surface area contributed by atoms with Crippen LogP contribution in [-0.4, -0.2) is 19.1 Å². The van der Waals surface area contributed by atoms with E-state index in [1.807, 2.05) is 19.0 Å². The summed E-state index contributed by atoms with van der Waals surface area (Å²) >= 11 is 0. The number of pyridine rings is 1. The van der Waals surface area contributed by atoms with Gasteiger partial charge in [0.05, 0.1) is 5.52 Å². The third-order valence-electron chi connectivity index (χ3n) is 4.98. The summed E-state index contributed by atoms with van der Waals surface area (Å²) in [5.74, 6) is 0.977. The third kappa shape index (κ3) is 2.66. The Kier molecular flexibility index (Phi) is 3.72. The molecule has 0 spiro atoms. The number of benzene rings is 2. The molecule has 0 aliphatic carbocycles. The van der Waals surface area contributed by atoms with Crippen molar-refractivity contribution in [2.45, 2.75) is 19.9 Å². The molecule has 25 heavy (non-hydrogen) atoms. The highest BCUT2D eigenvalue weighted by Crippen LogP contribution is 2.37. The zero-order valence-corrected chi connectivity index (χ0v) is 15.1. The van der Waals surface area contributed by atoms with Crippen LogP contribution in [0.25, 0.3) is 16.6 Å². The lowest BCUT2D eigenvalue weighted by atomic mass is 10.0. The van der Waals surface area contributed by atoms with Gasteiger partial charge in [0.25, 0.3) is 0 Å². The lowest BCUT2D eigenvalue weighted by Crippen LogP contribution is -2.13. The molecule has 1 aliphatic heterocycles. The SMILES string of the molecule is C=C1c2cc(CC)ccc2CN1c1ccc2nc(N(C)C)ccc2c1. The molecule has 0 atom stereocenters. The molecule has 3 nitrogen and oxygen atoms in total. The highest BCUT2D eigenvalue weighted by atomic mass is 15.2. The van der Waals surface area contributed by atoms with Crippen LogP contribution in [0.15, 0.2) is 55.1 Å². The fourth-order valence-corrected chi connectivity index (χ4v) is 3.43. The van der Waals surface area contributed by atoms with Gasteiger partial charge >= 0.3 is 0 Å². The van der Waals surface area contributed by atoms with Crippen LogP contribution in [0.3, 0.4) is 0 Å². The van der Waals surface area contributed by atoms with Gasteiger partial charge in [0.1, 0.15) is 5.82 Å². The van der Waals surface area contributed by atoms with E-state index < -0.39 is 0 Å². The van der Waals surface area contributed by atoms with E-state index in [1.165, 1.54) is 22.4 Å². The van der Waals surface area contributed by atoms with Crippen LogP contribution in [0.1, 0.15) is 23.6 Å². The number of hydrogen-bond acceptors (Lipinski definition) is 3. The van der Waals surface area contributed by atoms with Crippen molar-refractivity contribution in [2.24, 2.45) is 0 Å². The summed E-state index contributed by atoms with van der Waals surface area (Å²) in [6.45, 7) is 7.42. The second kappa shape index (κ2) is 5.92. The van der Waals surface area contributed by atoms with Crippen LogP contribution in [0.2, 0.25) is 0 Å². The van der Waals surface area contributed by atoms with Crippen molar-refractivity contribution in [3.63, 3.8) is 0 Å². The van der Waals surface area contributed by atoms with Crippen molar-refractivity contribution in [1.82, 2.24) is 4.98 Å². The number of fused-ring (bicyclic) bond motifs is 2. The zero-order valence-electron chi connectivity index (χ0n) is 15.1. The van der Waals surface area contributed by atoms with Gasteiger partial charge in [-0.1, -0.05) is 25.6 Å². The summed E-state index contributed by atoms with van der Waals surface area (Å²) in [4.78, 5) is 9.03. The molecule has 0 saturated heterocycles. The predicted molar refractivity (Wildman–Crippen MR) is 107 cm³/mol. The van der Waals surface area contributed by atoms with Crippen molar-refractivity contribution in [2.75, 3.05) is 23.9 Å². The van der Waals surface area contributed by atoms with Crippen LogP contribution in [0, 0.1) is 0 Å². The number of anilines is 2. The van der Waals surface area contributed by atoms with Crippen LogP contribution in [0.5, 0.6) is 0 Å². The van der Waals surface area contributed by atoms with Crippen LogP contribution < -0.4 is 9.80 Å². The summed E-state index contributed by atoms with van der Waals surface area (Å²) < 4.78 is 0. The average molecular weight is 329 g/mol. The summed E-state index contributed by atoms with van der Waals surface area (Å²) in [7, 11) is 4.02. The molecule has 0 unspecified atom stereocenters. The molecule has 126 valence electrons. The Morgan fingerprint density at radius 2 is 1.92 bits per heavy atom. The normalized spacial score (nSPS) is 13.4. The van der Waals surface area contributed by atoms with Gasteiger partial charge in [-0.2, -0.15) is 0 Å². The highest BCUT2D eigenvalue weighted by molar-refractivity contribution is 5.89. The van der Waals surface area contributed by atoms with Gasteiger partial charge in [-0.25, -0.2) is 4.98 Å². The molecule has 2 aromatic carbocycles. The van der Waals surface area contributed by atoms with Crippen LogP contribution in [0.4, 0.5) is 11.5 Å². The molecule has 4 rings (SSSR count). The maximum absolute atomic E-state index is 4.71. The van der Waals surface area contributed by atoms with Crippen molar-refractivity contribution in [3.05, 3.63) is 71.8 Å². The minimum absolute atomic E-state index is 0.882.